The fraction of sp³-hybridized carbons (Fsp3) is 0.381. The first-order valence-electron chi connectivity index (χ1n) is 9.35. The summed E-state index contributed by atoms with van der Waals surface area (Å²) in [6.07, 6.45) is 3.83. The molecular weight excluding hydrogens is 360 g/mol. The van der Waals surface area contributed by atoms with Crippen LogP contribution in [-0.2, 0) is 10.0 Å². The van der Waals surface area contributed by atoms with E-state index in [4.69, 9.17) is 0 Å². The lowest BCUT2D eigenvalue weighted by atomic mass is 10.1. The van der Waals surface area contributed by atoms with Crippen LogP contribution in [0.4, 0.5) is 0 Å². The van der Waals surface area contributed by atoms with Gasteiger partial charge in [0.05, 0.1) is 10.9 Å². The quantitative estimate of drug-likeness (QED) is 0.795. The van der Waals surface area contributed by atoms with E-state index >= 15 is 0 Å². The summed E-state index contributed by atoms with van der Waals surface area (Å²) in [6.45, 7) is 3.92. The molecule has 1 saturated carbocycles. The van der Waals surface area contributed by atoms with Crippen molar-refractivity contribution < 1.29 is 13.2 Å². The number of hydrogen-bond acceptors (Lipinski definition) is 3. The number of hydrogen-bond donors (Lipinski definition) is 2. The Hall–Kier alpha value is -2.18. The van der Waals surface area contributed by atoms with Gasteiger partial charge in [0.15, 0.2) is 0 Å². The molecule has 0 aromatic heterocycles. The molecule has 1 aliphatic carbocycles. The van der Waals surface area contributed by atoms with E-state index in [-0.39, 0.29) is 22.9 Å². The number of nitrogens with one attached hydrogen (secondary N) is 2. The van der Waals surface area contributed by atoms with E-state index in [2.05, 4.69) is 10.0 Å². The van der Waals surface area contributed by atoms with Crippen molar-refractivity contribution in [3.8, 4) is 0 Å². The van der Waals surface area contributed by atoms with Crippen LogP contribution in [-0.4, -0.2) is 20.4 Å². The van der Waals surface area contributed by atoms with Crippen LogP contribution in [0.2, 0.25) is 0 Å². The molecule has 1 atom stereocenters. The van der Waals surface area contributed by atoms with Gasteiger partial charge in [-0.25, -0.2) is 13.1 Å². The van der Waals surface area contributed by atoms with E-state index in [9.17, 15) is 13.2 Å². The Kier molecular flexibility index (Phi) is 5.97. The summed E-state index contributed by atoms with van der Waals surface area (Å²) < 4.78 is 27.9. The van der Waals surface area contributed by atoms with Gasteiger partial charge in [-0.1, -0.05) is 48.7 Å². The molecule has 0 spiro atoms. The van der Waals surface area contributed by atoms with Crippen LogP contribution in [0.5, 0.6) is 0 Å². The van der Waals surface area contributed by atoms with Crippen LogP contribution < -0.4 is 10.0 Å². The molecule has 0 aliphatic heterocycles. The van der Waals surface area contributed by atoms with Gasteiger partial charge in [-0.2, -0.15) is 0 Å². The van der Waals surface area contributed by atoms with Crippen molar-refractivity contribution in [1.82, 2.24) is 10.0 Å². The molecule has 3 rings (SSSR count). The highest BCUT2D eigenvalue weighted by atomic mass is 32.2. The lowest BCUT2D eigenvalue weighted by molar-refractivity contribution is 0.0939. The largest absolute Gasteiger partial charge is 0.346 e. The standard InChI is InChI=1S/C21H26N2O3S/c1-15-10-12-17(13-11-15)16(2)22-21(24)18-6-5-9-20(14-18)27(25,26)23-19-7-3-4-8-19/h5-6,9-14,16,19,23H,3-4,7-8H2,1-2H3,(H,22,24). The minimum atomic E-state index is -3.62. The van der Waals surface area contributed by atoms with Crippen LogP contribution in [0.25, 0.3) is 0 Å². The average Bonchev–Trinajstić information content (AvgIpc) is 3.14. The van der Waals surface area contributed by atoms with Crippen LogP contribution in [0.1, 0.15) is 60.1 Å². The zero-order chi connectivity index (χ0) is 19.4. The second kappa shape index (κ2) is 8.23. The predicted molar refractivity (Wildman–Crippen MR) is 106 cm³/mol. The van der Waals surface area contributed by atoms with Crippen molar-refractivity contribution in [2.75, 3.05) is 0 Å². The van der Waals surface area contributed by atoms with E-state index in [0.29, 0.717) is 5.56 Å². The van der Waals surface area contributed by atoms with E-state index in [1.807, 2.05) is 38.1 Å². The zero-order valence-corrected chi connectivity index (χ0v) is 16.6. The molecule has 2 N–H and O–H groups in total. The molecule has 27 heavy (non-hydrogen) atoms. The lowest BCUT2D eigenvalue weighted by Gasteiger charge is -2.16. The molecule has 0 radical (unpaired) electrons. The first-order chi connectivity index (χ1) is 12.8. The van der Waals surface area contributed by atoms with Crippen molar-refractivity contribution >= 4 is 15.9 Å². The number of amides is 1. The summed E-state index contributed by atoms with van der Waals surface area (Å²) in [7, 11) is -3.62. The zero-order valence-electron chi connectivity index (χ0n) is 15.7. The fourth-order valence-electron chi connectivity index (χ4n) is 3.35. The van der Waals surface area contributed by atoms with Crippen LogP contribution in [0, 0.1) is 6.92 Å². The molecule has 6 heteroatoms. The molecule has 2 aromatic rings. The monoisotopic (exact) mass is 386 g/mol. The Morgan fingerprint density at radius 1 is 1.07 bits per heavy atom. The molecule has 0 bridgehead atoms. The van der Waals surface area contributed by atoms with Crippen LogP contribution in [0.15, 0.2) is 53.4 Å². The minimum absolute atomic E-state index is 0.00552. The number of carbonyl (C=O) groups is 1. The second-order valence-electron chi connectivity index (χ2n) is 7.24. The summed E-state index contributed by atoms with van der Waals surface area (Å²) >= 11 is 0. The number of aryl methyl sites for hydroxylation is 1. The van der Waals surface area contributed by atoms with Crippen molar-refractivity contribution in [3.63, 3.8) is 0 Å². The Balaban J connectivity index is 1.72. The molecule has 1 unspecified atom stereocenters. The van der Waals surface area contributed by atoms with E-state index in [1.54, 1.807) is 12.1 Å². The number of benzene rings is 2. The normalized spacial score (nSPS) is 16.2. The van der Waals surface area contributed by atoms with Gasteiger partial charge < -0.3 is 5.32 Å². The number of carbonyl (C=O) groups excluding carboxylic acids is 1. The van der Waals surface area contributed by atoms with Crippen molar-refractivity contribution in [2.45, 2.75) is 56.5 Å². The predicted octanol–water partition coefficient (Wildman–Crippen LogP) is 3.71. The van der Waals surface area contributed by atoms with Gasteiger partial charge in [0, 0.05) is 11.6 Å². The van der Waals surface area contributed by atoms with Gasteiger partial charge in [-0.15, -0.1) is 0 Å². The molecule has 0 saturated heterocycles. The topological polar surface area (TPSA) is 75.3 Å². The second-order valence-corrected chi connectivity index (χ2v) is 8.95. The van der Waals surface area contributed by atoms with E-state index < -0.39 is 10.0 Å². The Morgan fingerprint density at radius 2 is 1.74 bits per heavy atom. The van der Waals surface area contributed by atoms with Crippen molar-refractivity contribution in [2.24, 2.45) is 0 Å². The Morgan fingerprint density at radius 3 is 2.41 bits per heavy atom. The molecule has 5 nitrogen and oxygen atoms in total. The van der Waals surface area contributed by atoms with Gasteiger partial charge in [-0.05, 0) is 50.5 Å². The summed E-state index contributed by atoms with van der Waals surface area (Å²) in [4.78, 5) is 12.7. The first kappa shape index (κ1) is 19.6. The Labute approximate surface area is 161 Å². The maximum absolute atomic E-state index is 12.6. The van der Waals surface area contributed by atoms with Crippen LogP contribution in [0.3, 0.4) is 0 Å². The third-order valence-electron chi connectivity index (χ3n) is 5.01. The van der Waals surface area contributed by atoms with E-state index in [1.165, 1.54) is 12.1 Å². The first-order valence-corrected chi connectivity index (χ1v) is 10.8. The SMILES string of the molecule is Cc1ccc(C(C)NC(=O)c2cccc(S(=O)(=O)NC3CCCC3)c2)cc1. The van der Waals surface area contributed by atoms with Gasteiger partial charge in [-0.3, -0.25) is 4.79 Å². The fourth-order valence-corrected chi connectivity index (χ4v) is 4.70. The van der Waals surface area contributed by atoms with Crippen molar-refractivity contribution in [1.29, 1.82) is 0 Å². The molecule has 1 amide bonds. The molecule has 144 valence electrons. The van der Waals surface area contributed by atoms with Crippen molar-refractivity contribution in [3.05, 3.63) is 65.2 Å². The summed E-state index contributed by atoms with van der Waals surface area (Å²) in [6, 6.07) is 14.0. The molecule has 1 aliphatic rings. The number of sulfonamides is 1. The van der Waals surface area contributed by atoms with E-state index in [0.717, 1.165) is 36.8 Å². The number of rotatable bonds is 6. The molecule has 1 fully saturated rings. The van der Waals surface area contributed by atoms with Gasteiger partial charge in [0.25, 0.3) is 5.91 Å². The van der Waals surface area contributed by atoms with Gasteiger partial charge in [0.1, 0.15) is 0 Å². The molecule has 0 heterocycles. The highest BCUT2D eigenvalue weighted by Gasteiger charge is 2.23. The van der Waals surface area contributed by atoms with Gasteiger partial charge >= 0.3 is 0 Å². The summed E-state index contributed by atoms with van der Waals surface area (Å²) in [5.41, 5.74) is 2.49. The molecule has 2 aromatic carbocycles. The lowest BCUT2D eigenvalue weighted by Crippen LogP contribution is -2.33. The molecular formula is C21H26N2O3S. The third kappa shape index (κ3) is 4.96. The maximum Gasteiger partial charge on any atom is 0.251 e. The third-order valence-corrected chi connectivity index (χ3v) is 6.53. The highest BCUT2D eigenvalue weighted by Crippen LogP contribution is 2.21. The van der Waals surface area contributed by atoms with Crippen LogP contribution >= 0.6 is 0 Å². The summed E-state index contributed by atoms with van der Waals surface area (Å²) in [5, 5.41) is 2.93. The highest BCUT2D eigenvalue weighted by molar-refractivity contribution is 7.89. The minimum Gasteiger partial charge on any atom is -0.346 e. The summed E-state index contributed by atoms with van der Waals surface area (Å²) in [5.74, 6) is -0.291. The average molecular weight is 387 g/mol. The van der Waals surface area contributed by atoms with Gasteiger partial charge in [0.2, 0.25) is 10.0 Å². The smallest absolute Gasteiger partial charge is 0.251 e. The Bertz CT molecular complexity index is 901. The maximum atomic E-state index is 12.6.